The van der Waals surface area contributed by atoms with E-state index in [0.29, 0.717) is 31.3 Å². The average molecular weight is 717 g/mol. The smallest absolute Gasteiger partial charge is 0.169 e. The van der Waals surface area contributed by atoms with Crippen molar-refractivity contribution >= 4 is 22.9 Å². The summed E-state index contributed by atoms with van der Waals surface area (Å²) in [5.41, 5.74) is 5.26. The van der Waals surface area contributed by atoms with Gasteiger partial charge in [-0.05, 0) is 58.5 Å². The molecule has 0 aliphatic carbocycles. The number of hydrogen-bond acceptors (Lipinski definition) is 7. The van der Waals surface area contributed by atoms with E-state index < -0.39 is 18.3 Å². The van der Waals surface area contributed by atoms with Crippen molar-refractivity contribution in [3.05, 3.63) is 178 Å². The summed E-state index contributed by atoms with van der Waals surface area (Å²) >= 11 is 8.55. The van der Waals surface area contributed by atoms with Crippen LogP contribution in [0.3, 0.4) is 0 Å². The van der Waals surface area contributed by atoms with Crippen LogP contribution in [0.4, 0.5) is 0 Å². The van der Waals surface area contributed by atoms with Crippen LogP contribution in [0.15, 0.2) is 140 Å². The normalized spacial score (nSPS) is 20.3. The molecule has 51 heavy (non-hydrogen) atoms. The van der Waals surface area contributed by atoms with Gasteiger partial charge in [0.25, 0.3) is 0 Å². The molecule has 0 spiro atoms. The summed E-state index contributed by atoms with van der Waals surface area (Å²) in [7, 11) is 0. The molecule has 0 N–H and O–H groups in total. The van der Waals surface area contributed by atoms with Gasteiger partial charge < -0.3 is 18.9 Å². The molecule has 1 aliphatic rings. The van der Waals surface area contributed by atoms with Crippen molar-refractivity contribution in [2.75, 3.05) is 0 Å². The average Bonchev–Trinajstić information content (AvgIpc) is 3.66. The van der Waals surface area contributed by atoms with E-state index in [1.54, 1.807) is 23.7 Å². The molecule has 0 radical (unpaired) electrons. The van der Waals surface area contributed by atoms with Crippen molar-refractivity contribution in [2.45, 2.75) is 70.1 Å². The summed E-state index contributed by atoms with van der Waals surface area (Å²) in [5.74, 6) is 0.721. The van der Waals surface area contributed by atoms with Crippen LogP contribution >= 0.6 is 22.9 Å². The topological polar surface area (TPSA) is 62.7 Å². The fraction of sp³-hybridized carbons (Fsp3) is 0.256. The van der Waals surface area contributed by atoms with Crippen molar-refractivity contribution in [2.24, 2.45) is 0 Å². The first-order chi connectivity index (χ1) is 25.1. The number of thiophene rings is 1. The zero-order chi connectivity index (χ0) is 34.8. The van der Waals surface area contributed by atoms with Crippen molar-refractivity contribution in [3.8, 4) is 10.7 Å². The molecule has 5 atom stereocenters. The molecule has 4 aromatic carbocycles. The standard InChI is InChI=1S/C43H41ClN2O4S/c1-2-37-40(47-27-30-13-6-3-7-14-30)42(49-29-32-17-10-5-11-18-32)41(48-28-31-15-8-4-9-16-31)39(50-37)33-19-21-36(44)34(25-33)26-35-20-22-38(51-35)43-45-23-12-24-46-43/h3-25,37,39-42H,2,26-29H2,1H3/t37-,39+,40-,41+,42+/m1/s1. The highest BCUT2D eigenvalue weighted by Gasteiger charge is 2.48. The number of aromatic nitrogens is 2. The molecule has 260 valence electrons. The number of halogens is 1. The Labute approximate surface area is 309 Å². The summed E-state index contributed by atoms with van der Waals surface area (Å²) in [6.07, 6.45) is 3.01. The van der Waals surface area contributed by atoms with Crippen LogP contribution in [0.1, 0.15) is 52.1 Å². The van der Waals surface area contributed by atoms with Gasteiger partial charge in [-0.25, -0.2) is 9.97 Å². The maximum atomic E-state index is 7.03. The molecular formula is C43H41ClN2O4S. The van der Waals surface area contributed by atoms with Crippen molar-refractivity contribution < 1.29 is 18.9 Å². The molecule has 6 aromatic rings. The second-order valence-electron chi connectivity index (χ2n) is 12.7. The van der Waals surface area contributed by atoms with Gasteiger partial charge in [-0.2, -0.15) is 0 Å². The largest absolute Gasteiger partial charge is 0.368 e. The van der Waals surface area contributed by atoms with Gasteiger partial charge in [0.2, 0.25) is 0 Å². The fourth-order valence-electron chi connectivity index (χ4n) is 6.50. The highest BCUT2D eigenvalue weighted by molar-refractivity contribution is 7.15. The highest BCUT2D eigenvalue weighted by Crippen LogP contribution is 2.40. The van der Waals surface area contributed by atoms with E-state index in [-0.39, 0.29) is 12.2 Å². The van der Waals surface area contributed by atoms with E-state index in [0.717, 1.165) is 44.9 Å². The van der Waals surface area contributed by atoms with Gasteiger partial charge in [0.05, 0.1) is 30.8 Å². The third kappa shape index (κ3) is 9.00. The first-order valence-electron chi connectivity index (χ1n) is 17.4. The lowest BCUT2D eigenvalue weighted by Crippen LogP contribution is -2.57. The number of benzene rings is 4. The first-order valence-corrected chi connectivity index (χ1v) is 18.6. The quantitative estimate of drug-likeness (QED) is 0.112. The number of nitrogens with zero attached hydrogens (tertiary/aromatic N) is 2. The Balaban J connectivity index is 1.22. The van der Waals surface area contributed by atoms with Gasteiger partial charge in [-0.3, -0.25) is 0 Å². The monoisotopic (exact) mass is 716 g/mol. The lowest BCUT2D eigenvalue weighted by Gasteiger charge is -2.46. The molecule has 0 bridgehead atoms. The number of rotatable bonds is 14. The molecule has 7 rings (SSSR count). The maximum absolute atomic E-state index is 7.03. The Morgan fingerprint density at radius 2 is 1.22 bits per heavy atom. The molecular weight excluding hydrogens is 676 g/mol. The second-order valence-corrected chi connectivity index (χ2v) is 14.2. The highest BCUT2D eigenvalue weighted by atomic mass is 35.5. The van der Waals surface area contributed by atoms with Gasteiger partial charge >= 0.3 is 0 Å². The predicted molar refractivity (Wildman–Crippen MR) is 203 cm³/mol. The Hall–Kier alpha value is -4.21. The number of ether oxygens (including phenoxy) is 4. The summed E-state index contributed by atoms with van der Waals surface area (Å²) in [5, 5.41) is 0.704. The van der Waals surface area contributed by atoms with Gasteiger partial charge in [-0.1, -0.05) is 122 Å². The van der Waals surface area contributed by atoms with Crippen LogP contribution in [-0.4, -0.2) is 34.4 Å². The van der Waals surface area contributed by atoms with Crippen molar-refractivity contribution in [1.82, 2.24) is 9.97 Å². The van der Waals surface area contributed by atoms with Crippen LogP contribution in [0.5, 0.6) is 0 Å². The maximum Gasteiger partial charge on any atom is 0.169 e. The predicted octanol–water partition coefficient (Wildman–Crippen LogP) is 10.1. The Bertz CT molecular complexity index is 1950. The Morgan fingerprint density at radius 1 is 0.647 bits per heavy atom. The first kappa shape index (κ1) is 35.2. The number of hydrogen-bond donors (Lipinski definition) is 0. The summed E-state index contributed by atoms with van der Waals surface area (Å²) in [4.78, 5) is 11.0. The van der Waals surface area contributed by atoms with E-state index in [1.165, 1.54) is 4.88 Å². The lowest BCUT2D eigenvalue weighted by atomic mass is 9.88. The third-order valence-electron chi connectivity index (χ3n) is 9.10. The zero-order valence-corrected chi connectivity index (χ0v) is 30.1. The summed E-state index contributed by atoms with van der Waals surface area (Å²) in [6.45, 7) is 3.40. The van der Waals surface area contributed by atoms with Gasteiger partial charge in [0.15, 0.2) is 5.82 Å². The van der Waals surface area contributed by atoms with E-state index in [4.69, 9.17) is 30.5 Å². The minimum absolute atomic E-state index is 0.235. The minimum atomic E-state index is -0.477. The van der Waals surface area contributed by atoms with Crippen LogP contribution in [0, 0.1) is 0 Å². The molecule has 1 saturated heterocycles. The van der Waals surface area contributed by atoms with E-state index in [2.05, 4.69) is 77.6 Å². The molecule has 2 aromatic heterocycles. The summed E-state index contributed by atoms with van der Waals surface area (Å²) in [6, 6.07) is 42.9. The SMILES string of the molecule is CC[C@H]1O[C@@H](c2ccc(Cl)c(Cc3ccc(-c4ncccn4)s3)c2)[C@H](OCc2ccccc2)[C@@H](OCc2ccccc2)[C@@H]1OCc1ccccc1. The van der Waals surface area contributed by atoms with Crippen LogP contribution in [0.25, 0.3) is 10.7 Å². The molecule has 0 saturated carbocycles. The minimum Gasteiger partial charge on any atom is -0.368 e. The van der Waals surface area contributed by atoms with E-state index in [9.17, 15) is 0 Å². The molecule has 3 heterocycles. The molecule has 6 nitrogen and oxygen atoms in total. The second kappa shape index (κ2) is 17.3. The van der Waals surface area contributed by atoms with Gasteiger partial charge in [0, 0.05) is 28.7 Å². The van der Waals surface area contributed by atoms with Crippen LogP contribution in [-0.2, 0) is 45.2 Å². The van der Waals surface area contributed by atoms with E-state index in [1.807, 2.05) is 66.7 Å². The fourth-order valence-corrected chi connectivity index (χ4v) is 7.66. The van der Waals surface area contributed by atoms with Gasteiger partial charge in [-0.15, -0.1) is 11.3 Å². The molecule has 1 fully saturated rings. The third-order valence-corrected chi connectivity index (χ3v) is 10.6. The Kier molecular flexibility index (Phi) is 12.0. The molecule has 0 amide bonds. The van der Waals surface area contributed by atoms with Crippen molar-refractivity contribution in [3.63, 3.8) is 0 Å². The summed E-state index contributed by atoms with van der Waals surface area (Å²) < 4.78 is 27.5. The van der Waals surface area contributed by atoms with Crippen molar-refractivity contribution in [1.29, 1.82) is 0 Å². The molecule has 0 unspecified atom stereocenters. The zero-order valence-electron chi connectivity index (χ0n) is 28.5. The molecule has 1 aliphatic heterocycles. The van der Waals surface area contributed by atoms with E-state index >= 15 is 0 Å². The lowest BCUT2D eigenvalue weighted by molar-refractivity contribution is -0.267. The Morgan fingerprint density at radius 3 is 1.80 bits per heavy atom. The molecule has 8 heteroatoms. The van der Waals surface area contributed by atoms with Gasteiger partial charge in [0.1, 0.15) is 24.4 Å². The van der Waals surface area contributed by atoms with Crippen LogP contribution < -0.4 is 0 Å². The van der Waals surface area contributed by atoms with Crippen LogP contribution in [0.2, 0.25) is 5.02 Å².